The van der Waals surface area contributed by atoms with E-state index in [0.29, 0.717) is 43.2 Å². The maximum Gasteiger partial charge on any atom is 0.227 e. The number of sulfone groups is 1. The highest BCUT2D eigenvalue weighted by Gasteiger charge is 2.29. The number of nitrogens with zero attached hydrogens (tertiary/aromatic N) is 5. The van der Waals surface area contributed by atoms with Gasteiger partial charge in [0.05, 0.1) is 17.4 Å². The lowest BCUT2D eigenvalue weighted by molar-refractivity contribution is -0.131. The van der Waals surface area contributed by atoms with Gasteiger partial charge >= 0.3 is 0 Å². The Kier molecular flexibility index (Phi) is 7.94. The summed E-state index contributed by atoms with van der Waals surface area (Å²) in [6, 6.07) is 13.4. The van der Waals surface area contributed by atoms with Gasteiger partial charge in [-0.15, -0.1) is 10.2 Å². The molecule has 1 N–H and O–H groups in total. The molecular weight excluding hydrogens is 487 g/mol. The van der Waals surface area contributed by atoms with Crippen molar-refractivity contribution >= 4 is 15.7 Å². The number of rotatable bonds is 10. The summed E-state index contributed by atoms with van der Waals surface area (Å²) in [6.07, 6.45) is 0.859. The van der Waals surface area contributed by atoms with Crippen LogP contribution in [0.2, 0.25) is 0 Å². The number of H-pyrrole nitrogens is 1. The number of aromatic nitrogens is 4. The number of aromatic amines is 1. The zero-order valence-electron chi connectivity index (χ0n) is 20.2. The zero-order chi connectivity index (χ0) is 25.7. The van der Waals surface area contributed by atoms with Crippen LogP contribution < -0.4 is 4.74 Å². The van der Waals surface area contributed by atoms with Crippen LogP contribution in [-0.4, -0.2) is 83.9 Å². The van der Waals surface area contributed by atoms with Crippen LogP contribution >= 0.6 is 0 Å². The molecule has 1 aliphatic rings. The number of nitrogens with one attached hydrogen (secondary N) is 1. The largest absolute Gasteiger partial charge is 0.485 e. The molecule has 0 bridgehead atoms. The monoisotopic (exact) mass is 516 g/mol. The van der Waals surface area contributed by atoms with E-state index in [9.17, 15) is 17.6 Å². The Morgan fingerprint density at radius 3 is 2.69 bits per heavy atom. The Morgan fingerprint density at radius 2 is 2.06 bits per heavy atom. The van der Waals surface area contributed by atoms with Crippen LogP contribution in [0.5, 0.6) is 5.75 Å². The lowest BCUT2D eigenvalue weighted by Gasteiger charge is -2.32. The summed E-state index contributed by atoms with van der Waals surface area (Å²) in [5, 5.41) is 13.6. The number of likely N-dealkylation sites (tertiary alicyclic amines) is 1. The predicted molar refractivity (Wildman–Crippen MR) is 130 cm³/mol. The van der Waals surface area contributed by atoms with Crippen LogP contribution in [-0.2, 0) is 27.7 Å². The second kappa shape index (κ2) is 11.1. The molecular formula is C24H29FN6O4S. The summed E-state index contributed by atoms with van der Waals surface area (Å²) < 4.78 is 43.1. The fourth-order valence-corrected chi connectivity index (χ4v) is 4.81. The molecule has 2 aromatic carbocycles. The van der Waals surface area contributed by atoms with Gasteiger partial charge < -0.3 is 9.64 Å². The van der Waals surface area contributed by atoms with Crippen LogP contribution in [0, 0.1) is 0 Å². The molecule has 2 heterocycles. The first-order chi connectivity index (χ1) is 17.2. The summed E-state index contributed by atoms with van der Waals surface area (Å²) in [7, 11) is -1.58. The Labute approximate surface area is 209 Å². The van der Waals surface area contributed by atoms with E-state index in [2.05, 4.69) is 20.6 Å². The molecule has 0 radical (unpaired) electrons. The number of carbonyl (C=O) groups excluding carboxylic acids is 1. The van der Waals surface area contributed by atoms with Crippen molar-refractivity contribution in [3.05, 3.63) is 65.5 Å². The molecule has 0 saturated carbocycles. The number of hydrogen-bond acceptors (Lipinski definition) is 8. The molecule has 12 heteroatoms. The SMILES string of the molecule is CN(C(=O)Cc1ccc(S(C)(=O)=O)cc1)[C@H](CN1CC[C@H](F)C1)c1cccc(OCc2nn[nH]n2)c1. The van der Waals surface area contributed by atoms with E-state index in [-0.39, 0.29) is 29.9 Å². The van der Waals surface area contributed by atoms with E-state index in [1.165, 1.54) is 12.1 Å². The van der Waals surface area contributed by atoms with Gasteiger partial charge in [-0.2, -0.15) is 5.21 Å². The van der Waals surface area contributed by atoms with Gasteiger partial charge in [-0.05, 0) is 41.8 Å². The molecule has 0 spiro atoms. The first-order valence-corrected chi connectivity index (χ1v) is 13.4. The topological polar surface area (TPSA) is 121 Å². The van der Waals surface area contributed by atoms with Crippen molar-refractivity contribution in [2.45, 2.75) is 36.6 Å². The predicted octanol–water partition coefficient (Wildman–Crippen LogP) is 1.97. The number of hydrogen-bond donors (Lipinski definition) is 1. The Hall–Kier alpha value is -3.38. The van der Waals surface area contributed by atoms with Gasteiger partial charge in [0.1, 0.15) is 11.9 Å². The normalized spacial score (nSPS) is 17.1. The number of halogens is 1. The average Bonchev–Trinajstić information content (AvgIpc) is 3.52. The van der Waals surface area contributed by atoms with Gasteiger partial charge in [-0.25, -0.2) is 12.8 Å². The minimum Gasteiger partial charge on any atom is -0.485 e. The molecule has 4 rings (SSSR count). The second-order valence-electron chi connectivity index (χ2n) is 8.95. The van der Waals surface area contributed by atoms with Crippen LogP contribution in [0.15, 0.2) is 53.4 Å². The van der Waals surface area contributed by atoms with Crippen LogP contribution in [0.1, 0.15) is 29.4 Å². The third-order valence-corrected chi connectivity index (χ3v) is 7.34. The first-order valence-electron chi connectivity index (χ1n) is 11.5. The molecule has 36 heavy (non-hydrogen) atoms. The van der Waals surface area contributed by atoms with Gasteiger partial charge in [-0.1, -0.05) is 29.5 Å². The summed E-state index contributed by atoms with van der Waals surface area (Å²) in [5.74, 6) is 0.864. The van der Waals surface area contributed by atoms with Crippen LogP contribution in [0.4, 0.5) is 4.39 Å². The molecule has 1 saturated heterocycles. The second-order valence-corrected chi connectivity index (χ2v) is 11.0. The lowest BCUT2D eigenvalue weighted by Crippen LogP contribution is -2.39. The van der Waals surface area contributed by atoms with Gasteiger partial charge in [0.2, 0.25) is 11.7 Å². The Balaban J connectivity index is 1.51. The maximum absolute atomic E-state index is 13.9. The van der Waals surface area contributed by atoms with E-state index >= 15 is 0 Å². The zero-order valence-corrected chi connectivity index (χ0v) is 21.0. The average molecular weight is 517 g/mol. The van der Waals surface area contributed by atoms with Crippen molar-refractivity contribution < 1.29 is 22.3 Å². The van der Waals surface area contributed by atoms with Crippen LogP contribution in [0.3, 0.4) is 0 Å². The van der Waals surface area contributed by atoms with Crippen molar-refractivity contribution in [3.8, 4) is 5.75 Å². The van der Waals surface area contributed by atoms with Crippen molar-refractivity contribution in [3.63, 3.8) is 0 Å². The molecule has 2 atom stereocenters. The lowest BCUT2D eigenvalue weighted by atomic mass is 10.0. The summed E-state index contributed by atoms with van der Waals surface area (Å²) in [6.45, 7) is 1.57. The fourth-order valence-electron chi connectivity index (χ4n) is 4.18. The molecule has 192 valence electrons. The molecule has 0 aliphatic carbocycles. The maximum atomic E-state index is 13.9. The third-order valence-electron chi connectivity index (χ3n) is 6.21. The van der Waals surface area contributed by atoms with E-state index in [1.807, 2.05) is 23.1 Å². The summed E-state index contributed by atoms with van der Waals surface area (Å²) in [4.78, 5) is 17.2. The van der Waals surface area contributed by atoms with Crippen molar-refractivity contribution in [1.82, 2.24) is 30.4 Å². The quantitative estimate of drug-likeness (QED) is 0.434. The van der Waals surface area contributed by atoms with Crippen molar-refractivity contribution in [1.29, 1.82) is 0 Å². The van der Waals surface area contributed by atoms with Gasteiger partial charge in [0, 0.05) is 32.9 Å². The molecule has 1 aliphatic heterocycles. The number of likely N-dealkylation sites (N-methyl/N-ethyl adjacent to an activating group) is 1. The standard InChI is InChI=1S/C24H29FN6O4S/c1-30(24(32)12-17-6-8-21(9-7-17)36(2,33)34)22(15-31-11-10-19(25)14-31)18-4-3-5-20(13-18)35-16-23-26-28-29-27-23/h3-9,13,19,22H,10-12,14-16H2,1-2H3,(H,26,27,28,29)/t19-,22+/m0/s1. The summed E-state index contributed by atoms with van der Waals surface area (Å²) >= 11 is 0. The molecule has 3 aromatic rings. The molecule has 1 fully saturated rings. The third kappa shape index (κ3) is 6.64. The number of amides is 1. The summed E-state index contributed by atoms with van der Waals surface area (Å²) in [5.41, 5.74) is 1.56. The van der Waals surface area contributed by atoms with Gasteiger partial charge in [-0.3, -0.25) is 9.69 Å². The van der Waals surface area contributed by atoms with Gasteiger partial charge in [0.25, 0.3) is 0 Å². The molecule has 1 amide bonds. The number of alkyl halides is 1. The van der Waals surface area contributed by atoms with E-state index in [0.717, 1.165) is 11.8 Å². The van der Waals surface area contributed by atoms with Gasteiger partial charge in [0.15, 0.2) is 16.4 Å². The van der Waals surface area contributed by atoms with E-state index in [1.54, 1.807) is 30.1 Å². The fraction of sp³-hybridized carbons (Fsp3) is 0.417. The number of tetrazole rings is 1. The Bertz CT molecular complexity index is 1270. The molecule has 10 nitrogen and oxygen atoms in total. The van der Waals surface area contributed by atoms with E-state index < -0.39 is 16.0 Å². The Morgan fingerprint density at radius 1 is 1.28 bits per heavy atom. The van der Waals surface area contributed by atoms with Crippen LogP contribution in [0.25, 0.3) is 0 Å². The first kappa shape index (κ1) is 25.7. The highest BCUT2D eigenvalue weighted by atomic mass is 32.2. The molecule has 0 unspecified atom stereocenters. The number of carbonyl (C=O) groups is 1. The van der Waals surface area contributed by atoms with Crippen molar-refractivity contribution in [2.24, 2.45) is 0 Å². The van der Waals surface area contributed by atoms with Crippen molar-refractivity contribution in [2.75, 3.05) is 32.9 Å². The minimum atomic E-state index is -3.31. The number of ether oxygens (including phenoxy) is 1. The van der Waals surface area contributed by atoms with E-state index in [4.69, 9.17) is 4.74 Å². The smallest absolute Gasteiger partial charge is 0.227 e. The highest BCUT2D eigenvalue weighted by molar-refractivity contribution is 7.90. The molecule has 1 aromatic heterocycles. The minimum absolute atomic E-state index is 0.108. The number of benzene rings is 2. The highest BCUT2D eigenvalue weighted by Crippen LogP contribution is 2.27.